The van der Waals surface area contributed by atoms with E-state index in [4.69, 9.17) is 16.2 Å². The number of methoxy groups -OCH3 is 1. The van der Waals surface area contributed by atoms with E-state index in [-0.39, 0.29) is 44.4 Å². The van der Waals surface area contributed by atoms with Crippen LogP contribution in [0.3, 0.4) is 0 Å². The maximum absolute atomic E-state index is 14.1. The van der Waals surface area contributed by atoms with E-state index in [1.165, 1.54) is 26.6 Å². The molecule has 378 valence electrons. The molecule has 0 saturated heterocycles. The van der Waals surface area contributed by atoms with Gasteiger partial charge in [-0.15, -0.1) is 0 Å². The van der Waals surface area contributed by atoms with Gasteiger partial charge < -0.3 is 58.4 Å². The number of nitrogens with one attached hydrogen (secondary N) is 8. The van der Waals surface area contributed by atoms with Crippen molar-refractivity contribution in [2.75, 3.05) is 13.7 Å². The number of aliphatic imine (C=N–C) groups is 2. The lowest BCUT2D eigenvalue weighted by Crippen LogP contribution is -2.59. The summed E-state index contributed by atoms with van der Waals surface area (Å²) in [5.74, 6) is -7.12. The highest BCUT2D eigenvalue weighted by atomic mass is 16.5. The number of nitrogens with two attached hydrogens (primary N) is 2. The summed E-state index contributed by atoms with van der Waals surface area (Å²) in [7, 11) is 1.20. The molecular weight excluding hydrogens is 905 g/mol. The number of aromatic amines is 1. The van der Waals surface area contributed by atoms with E-state index in [1.807, 2.05) is 38.1 Å². The molecule has 0 radical (unpaired) electrons. The minimum atomic E-state index is -1.34. The van der Waals surface area contributed by atoms with Crippen molar-refractivity contribution in [3.05, 3.63) is 71.9 Å². The van der Waals surface area contributed by atoms with Gasteiger partial charge in [0, 0.05) is 42.6 Å². The van der Waals surface area contributed by atoms with Gasteiger partial charge in [0.05, 0.1) is 25.7 Å². The molecule has 1 aliphatic rings. The van der Waals surface area contributed by atoms with Crippen molar-refractivity contribution in [2.24, 2.45) is 33.3 Å². The predicted molar refractivity (Wildman–Crippen MR) is 261 cm³/mol. The number of primary amides is 1. The third kappa shape index (κ3) is 17.2. The van der Waals surface area contributed by atoms with E-state index in [2.05, 4.69) is 52.2 Å². The van der Waals surface area contributed by atoms with Gasteiger partial charge in [-0.1, -0.05) is 76.2 Å². The smallest absolute Gasteiger partial charge is 0.328 e. The Morgan fingerprint density at radius 2 is 1.36 bits per heavy atom. The normalized spacial score (nSPS) is 15.9. The number of amides is 8. The van der Waals surface area contributed by atoms with Crippen LogP contribution < -0.4 is 48.7 Å². The molecule has 0 aliphatic carbocycles. The summed E-state index contributed by atoms with van der Waals surface area (Å²) in [5, 5.41) is 19.0. The fourth-order valence-electron chi connectivity index (χ4n) is 7.51. The number of hydrogen-bond acceptors (Lipinski definition) is 13. The minimum absolute atomic E-state index is 0.00195. The first kappa shape index (κ1) is 55.1. The Bertz CT molecular complexity index is 2370. The number of para-hydroxylation sites is 1. The molecule has 22 heteroatoms. The molecule has 4 rings (SSSR count). The Balaban J connectivity index is 1.44. The molecule has 0 bridgehead atoms. The molecule has 2 aromatic carbocycles. The molecule has 0 saturated carbocycles. The maximum Gasteiger partial charge on any atom is 0.328 e. The number of carbonyl (C=O) groups excluding carboxylic acids is 9. The molecule has 8 atom stereocenters. The number of fused-ring (bicyclic) bond motifs is 1. The maximum atomic E-state index is 14.1. The quantitative estimate of drug-likeness (QED) is 0.0428. The Morgan fingerprint density at radius 1 is 0.714 bits per heavy atom. The van der Waals surface area contributed by atoms with Gasteiger partial charge in [0.15, 0.2) is 0 Å². The third-order valence-corrected chi connectivity index (χ3v) is 11.3. The van der Waals surface area contributed by atoms with E-state index in [9.17, 15) is 43.2 Å². The van der Waals surface area contributed by atoms with Crippen molar-refractivity contribution >= 4 is 76.7 Å². The number of aromatic nitrogens is 1. The molecule has 1 unspecified atom stereocenters. The van der Waals surface area contributed by atoms with Gasteiger partial charge in [-0.2, -0.15) is 0 Å². The van der Waals surface area contributed by atoms with E-state index in [0.29, 0.717) is 5.56 Å². The number of hydrogen-bond donors (Lipinski definition) is 10. The van der Waals surface area contributed by atoms with E-state index in [0.717, 1.165) is 16.5 Å². The van der Waals surface area contributed by atoms with Crippen molar-refractivity contribution < 1.29 is 47.9 Å². The van der Waals surface area contributed by atoms with Gasteiger partial charge in [0.2, 0.25) is 47.3 Å². The Kier molecular flexibility index (Phi) is 21.2. The summed E-state index contributed by atoms with van der Waals surface area (Å²) < 4.78 is 4.86. The number of ether oxygens (including phenoxy) is 1. The first-order valence-corrected chi connectivity index (χ1v) is 23.1. The molecule has 0 fully saturated rings. The summed E-state index contributed by atoms with van der Waals surface area (Å²) in [6.07, 6.45) is 4.36. The number of esters is 1. The number of benzene rings is 2. The first-order chi connectivity index (χ1) is 33.3. The highest BCUT2D eigenvalue weighted by molar-refractivity contribution is 5.98. The summed E-state index contributed by atoms with van der Waals surface area (Å²) in [6, 6.07) is 7.36. The summed E-state index contributed by atoms with van der Waals surface area (Å²) in [5.41, 5.74) is 13.8. The molecule has 2 heterocycles. The fraction of sp³-hybridized carbons (Fsp3) is 0.479. The van der Waals surface area contributed by atoms with Crippen LogP contribution in [0, 0.1) is 11.8 Å². The second-order valence-corrected chi connectivity index (χ2v) is 17.9. The van der Waals surface area contributed by atoms with Crippen molar-refractivity contribution in [3.8, 4) is 0 Å². The van der Waals surface area contributed by atoms with Gasteiger partial charge in [0.25, 0.3) is 0 Å². The lowest BCUT2D eigenvalue weighted by Gasteiger charge is -2.26. The lowest BCUT2D eigenvalue weighted by molar-refractivity contribution is -0.146. The highest BCUT2D eigenvalue weighted by Gasteiger charge is 2.34. The summed E-state index contributed by atoms with van der Waals surface area (Å²) in [4.78, 5) is 131. The Hall–Kier alpha value is -7.49. The zero-order valence-electron chi connectivity index (χ0n) is 40.3. The lowest BCUT2D eigenvalue weighted by atomic mass is 10.0. The average Bonchev–Trinajstić information content (AvgIpc) is 4.00. The van der Waals surface area contributed by atoms with Crippen molar-refractivity contribution in [1.82, 2.24) is 42.2 Å². The highest BCUT2D eigenvalue weighted by Crippen LogP contribution is 2.20. The van der Waals surface area contributed by atoms with Crippen molar-refractivity contribution in [1.29, 1.82) is 0 Å². The van der Waals surface area contributed by atoms with Gasteiger partial charge in [-0.25, -0.2) is 9.79 Å². The van der Waals surface area contributed by atoms with Crippen LogP contribution in [0.5, 0.6) is 0 Å². The molecule has 1 aliphatic heterocycles. The fourth-order valence-corrected chi connectivity index (χ4v) is 7.51. The van der Waals surface area contributed by atoms with Gasteiger partial charge in [-0.3, -0.25) is 43.3 Å². The first-order valence-electron chi connectivity index (χ1n) is 23.1. The average molecular weight is 971 g/mol. The molecular formula is C48H66N12O10. The zero-order valence-corrected chi connectivity index (χ0v) is 40.3. The molecule has 0 spiro atoms. The largest absolute Gasteiger partial charge is 0.467 e. The van der Waals surface area contributed by atoms with E-state index in [1.54, 1.807) is 50.4 Å². The van der Waals surface area contributed by atoms with Crippen LogP contribution in [0.4, 0.5) is 0 Å². The minimum Gasteiger partial charge on any atom is -0.467 e. The number of nitrogens with zero attached hydrogens (tertiary/aromatic N) is 2. The third-order valence-electron chi connectivity index (χ3n) is 11.3. The molecule has 12 N–H and O–H groups in total. The standard InChI is InChI=1S/C48H66N12O10/c1-26(2)18-38(48(69)70-6)59-46(67)37(21-31-23-51-25-54-31)56-40(62)24-53-47(68)41(27(3)4)60-42(63)28(5)55-45(66)36(20-30-22-52-34-15-11-10-14-32(30)34)58-44(65)35(16-17-39(50)61)57-43(64)33(49)19-29-12-8-7-9-13-29/h7-15,22-23,25-28,31,33,35-38,41,52H,16-21,24,49H2,1-6H3,(H2,50,61)(H,53,68)(H,55,66)(H,56,62)(H,57,64)(H,58,65)(H,59,67)(H,60,63)/t28-,31?,33+,35-,36-,37-,38-,41-/m0/s1. The Labute approximate surface area is 406 Å². The van der Waals surface area contributed by atoms with Gasteiger partial charge in [0.1, 0.15) is 42.6 Å². The molecule has 22 nitrogen and oxygen atoms in total. The van der Waals surface area contributed by atoms with Crippen LogP contribution in [0.15, 0.2) is 70.8 Å². The van der Waals surface area contributed by atoms with E-state index >= 15 is 0 Å². The second kappa shape index (κ2) is 26.9. The number of rotatable bonds is 27. The van der Waals surface area contributed by atoms with E-state index < -0.39 is 114 Å². The molecule has 8 amide bonds. The molecule has 70 heavy (non-hydrogen) atoms. The van der Waals surface area contributed by atoms with Crippen LogP contribution in [-0.2, 0) is 60.7 Å². The Morgan fingerprint density at radius 3 is 2.00 bits per heavy atom. The van der Waals surface area contributed by atoms with Gasteiger partial charge >= 0.3 is 5.97 Å². The SMILES string of the molecule is COC(=O)[C@H](CC(C)C)NC(=O)[C@H](CC1C=NC=N1)NC(=O)CNC(=O)[C@@H](NC(=O)[C@H](C)NC(=O)[C@H](Cc1c[nH]c2ccccc12)NC(=O)[C@H](CCC(N)=O)NC(=O)[C@H](N)Cc1ccccc1)C(C)C. The van der Waals surface area contributed by atoms with Crippen LogP contribution in [0.2, 0.25) is 0 Å². The number of H-pyrrole nitrogens is 1. The van der Waals surface area contributed by atoms with Crippen LogP contribution in [-0.4, -0.2) is 133 Å². The second-order valence-electron chi connectivity index (χ2n) is 17.9. The summed E-state index contributed by atoms with van der Waals surface area (Å²) in [6.45, 7) is 7.82. The molecule has 3 aromatic rings. The van der Waals surface area contributed by atoms with Crippen LogP contribution in [0.1, 0.15) is 71.4 Å². The summed E-state index contributed by atoms with van der Waals surface area (Å²) >= 11 is 0. The van der Waals surface area contributed by atoms with Crippen LogP contribution in [0.25, 0.3) is 10.9 Å². The van der Waals surface area contributed by atoms with Crippen molar-refractivity contribution in [2.45, 2.75) is 121 Å². The predicted octanol–water partition coefficient (Wildman–Crippen LogP) is -0.663. The van der Waals surface area contributed by atoms with Crippen molar-refractivity contribution in [3.63, 3.8) is 0 Å². The zero-order chi connectivity index (χ0) is 51.5. The molecule has 1 aromatic heterocycles. The topological polar surface area (TPSA) is 340 Å². The van der Waals surface area contributed by atoms with Gasteiger partial charge in [-0.05, 0) is 55.2 Å². The van der Waals surface area contributed by atoms with Crippen LogP contribution >= 0.6 is 0 Å². The number of carbonyl (C=O) groups is 9. The monoisotopic (exact) mass is 971 g/mol.